The van der Waals surface area contributed by atoms with Gasteiger partial charge in [0.25, 0.3) is 0 Å². The van der Waals surface area contributed by atoms with E-state index in [2.05, 4.69) is 4.72 Å². The van der Waals surface area contributed by atoms with Crippen LogP contribution in [0.5, 0.6) is 0 Å². The zero-order chi connectivity index (χ0) is 15.9. The van der Waals surface area contributed by atoms with Gasteiger partial charge in [-0.15, -0.1) is 0 Å². The van der Waals surface area contributed by atoms with Crippen LogP contribution >= 0.6 is 0 Å². The monoisotopic (exact) mass is 314 g/mol. The SMILES string of the molecule is C[C@@H](C#N)OC(=O)CCCNS(=O)(=O)c1ccc(F)cc1. The number of nitrogens with one attached hydrogen (secondary N) is 1. The highest BCUT2D eigenvalue weighted by molar-refractivity contribution is 7.89. The second-order valence-corrected chi connectivity index (χ2v) is 5.98. The maximum absolute atomic E-state index is 12.7. The summed E-state index contributed by atoms with van der Waals surface area (Å²) in [4.78, 5) is 11.2. The van der Waals surface area contributed by atoms with Gasteiger partial charge in [0.2, 0.25) is 10.0 Å². The summed E-state index contributed by atoms with van der Waals surface area (Å²) in [7, 11) is -3.72. The molecule has 0 spiro atoms. The number of nitriles is 1. The minimum absolute atomic E-state index is 0.00203. The minimum Gasteiger partial charge on any atom is -0.447 e. The molecule has 1 aromatic carbocycles. The predicted octanol–water partition coefficient (Wildman–Crippen LogP) is 1.34. The Bertz CT molecular complexity index is 623. The van der Waals surface area contributed by atoms with E-state index in [1.54, 1.807) is 6.07 Å². The van der Waals surface area contributed by atoms with E-state index in [1.807, 2.05) is 0 Å². The highest BCUT2D eigenvalue weighted by atomic mass is 32.2. The van der Waals surface area contributed by atoms with Crippen molar-refractivity contribution in [3.63, 3.8) is 0 Å². The van der Waals surface area contributed by atoms with Crippen LogP contribution in [-0.2, 0) is 19.6 Å². The molecular formula is C13H15FN2O4S. The van der Waals surface area contributed by atoms with E-state index in [0.717, 1.165) is 24.3 Å². The Morgan fingerprint density at radius 2 is 2.05 bits per heavy atom. The first-order valence-electron chi connectivity index (χ1n) is 6.19. The summed E-state index contributed by atoms with van der Waals surface area (Å²) in [5.41, 5.74) is 0. The molecule has 0 radical (unpaired) electrons. The maximum Gasteiger partial charge on any atom is 0.307 e. The quantitative estimate of drug-likeness (QED) is 0.605. The summed E-state index contributed by atoms with van der Waals surface area (Å²) in [5.74, 6) is -1.09. The van der Waals surface area contributed by atoms with Gasteiger partial charge in [0, 0.05) is 13.0 Å². The summed E-state index contributed by atoms with van der Waals surface area (Å²) < 4.78 is 43.4. The van der Waals surface area contributed by atoms with Crippen molar-refractivity contribution < 1.29 is 22.3 Å². The summed E-state index contributed by atoms with van der Waals surface area (Å²) in [5, 5.41) is 8.46. The molecular weight excluding hydrogens is 299 g/mol. The Kier molecular flexibility index (Phi) is 6.27. The lowest BCUT2D eigenvalue weighted by molar-refractivity contribution is -0.145. The molecule has 1 atom stereocenters. The summed E-state index contributed by atoms with van der Waals surface area (Å²) in [6, 6.07) is 6.16. The van der Waals surface area contributed by atoms with Gasteiger partial charge in [-0.2, -0.15) is 5.26 Å². The minimum atomic E-state index is -3.72. The number of hydrogen-bond acceptors (Lipinski definition) is 5. The number of carbonyl (C=O) groups is 1. The van der Waals surface area contributed by atoms with Crippen molar-refractivity contribution in [1.29, 1.82) is 5.26 Å². The molecule has 0 aliphatic heterocycles. The fraction of sp³-hybridized carbons (Fsp3) is 0.385. The molecule has 0 bridgehead atoms. The van der Waals surface area contributed by atoms with Gasteiger partial charge >= 0.3 is 5.97 Å². The van der Waals surface area contributed by atoms with Gasteiger partial charge in [0.1, 0.15) is 11.9 Å². The molecule has 6 nitrogen and oxygen atoms in total. The Morgan fingerprint density at radius 3 is 2.62 bits per heavy atom. The molecule has 0 unspecified atom stereocenters. The van der Waals surface area contributed by atoms with Crippen molar-refractivity contribution in [2.75, 3.05) is 6.54 Å². The van der Waals surface area contributed by atoms with E-state index in [-0.39, 0.29) is 24.3 Å². The predicted molar refractivity (Wildman–Crippen MR) is 72.0 cm³/mol. The normalized spacial score (nSPS) is 12.4. The van der Waals surface area contributed by atoms with Crippen molar-refractivity contribution >= 4 is 16.0 Å². The summed E-state index contributed by atoms with van der Waals surface area (Å²) >= 11 is 0. The van der Waals surface area contributed by atoms with Crippen LogP contribution in [-0.4, -0.2) is 27.0 Å². The van der Waals surface area contributed by atoms with Crippen molar-refractivity contribution in [1.82, 2.24) is 4.72 Å². The fourth-order valence-electron chi connectivity index (χ4n) is 1.42. The van der Waals surface area contributed by atoms with E-state index in [1.165, 1.54) is 6.92 Å². The molecule has 0 aliphatic carbocycles. The van der Waals surface area contributed by atoms with Crippen LogP contribution in [0.1, 0.15) is 19.8 Å². The van der Waals surface area contributed by atoms with Gasteiger partial charge in [0.15, 0.2) is 6.10 Å². The number of nitrogens with zero attached hydrogens (tertiary/aromatic N) is 1. The Hall–Kier alpha value is -1.98. The maximum atomic E-state index is 12.7. The largest absolute Gasteiger partial charge is 0.447 e. The Labute approximate surface area is 122 Å². The van der Waals surface area contributed by atoms with E-state index >= 15 is 0 Å². The highest BCUT2D eigenvalue weighted by Gasteiger charge is 2.14. The van der Waals surface area contributed by atoms with Gasteiger partial charge in [-0.25, -0.2) is 17.5 Å². The first kappa shape index (κ1) is 17.1. The van der Waals surface area contributed by atoms with Crippen molar-refractivity contribution in [2.24, 2.45) is 0 Å². The molecule has 8 heteroatoms. The molecule has 0 saturated carbocycles. The first-order valence-corrected chi connectivity index (χ1v) is 7.68. The number of hydrogen-bond donors (Lipinski definition) is 1. The number of carbonyl (C=O) groups excluding carboxylic acids is 1. The topological polar surface area (TPSA) is 96.3 Å². The smallest absolute Gasteiger partial charge is 0.307 e. The lowest BCUT2D eigenvalue weighted by atomic mass is 10.3. The van der Waals surface area contributed by atoms with Crippen LogP contribution in [0.25, 0.3) is 0 Å². The van der Waals surface area contributed by atoms with Crippen LogP contribution in [0.4, 0.5) is 4.39 Å². The van der Waals surface area contributed by atoms with Gasteiger partial charge in [-0.05, 0) is 37.6 Å². The van der Waals surface area contributed by atoms with Gasteiger partial charge < -0.3 is 4.74 Å². The lowest BCUT2D eigenvalue weighted by Crippen LogP contribution is -2.25. The lowest BCUT2D eigenvalue weighted by Gasteiger charge is -2.07. The second-order valence-electron chi connectivity index (χ2n) is 4.22. The Morgan fingerprint density at radius 1 is 1.43 bits per heavy atom. The molecule has 0 aliphatic rings. The average Bonchev–Trinajstić information content (AvgIpc) is 2.44. The van der Waals surface area contributed by atoms with Gasteiger partial charge in [0.05, 0.1) is 4.90 Å². The van der Waals surface area contributed by atoms with E-state index in [9.17, 15) is 17.6 Å². The zero-order valence-corrected chi connectivity index (χ0v) is 12.2. The highest BCUT2D eigenvalue weighted by Crippen LogP contribution is 2.09. The third-order valence-corrected chi connectivity index (χ3v) is 3.94. The molecule has 1 rings (SSSR count). The molecule has 1 aromatic rings. The molecule has 0 fully saturated rings. The third-order valence-electron chi connectivity index (χ3n) is 2.46. The standard InChI is InChI=1S/C13H15FN2O4S/c1-10(9-15)20-13(17)3-2-8-16-21(18,19)12-6-4-11(14)5-7-12/h4-7,10,16H,2-3,8H2,1H3/t10-/m0/s1. The van der Waals surface area contributed by atoms with Crippen LogP contribution in [0.15, 0.2) is 29.2 Å². The van der Waals surface area contributed by atoms with E-state index < -0.39 is 27.9 Å². The third kappa shape index (κ3) is 5.89. The molecule has 21 heavy (non-hydrogen) atoms. The van der Waals surface area contributed by atoms with Gasteiger partial charge in [-0.3, -0.25) is 4.79 Å². The molecule has 1 N–H and O–H groups in total. The molecule has 0 saturated heterocycles. The van der Waals surface area contributed by atoms with Crippen molar-refractivity contribution in [3.8, 4) is 6.07 Å². The van der Waals surface area contributed by atoms with Crippen LogP contribution in [0, 0.1) is 17.1 Å². The number of esters is 1. The van der Waals surface area contributed by atoms with Gasteiger partial charge in [-0.1, -0.05) is 0 Å². The molecule has 0 heterocycles. The van der Waals surface area contributed by atoms with Crippen LogP contribution in [0.2, 0.25) is 0 Å². The average molecular weight is 314 g/mol. The Balaban J connectivity index is 2.40. The second kappa shape index (κ2) is 7.71. The first-order chi connectivity index (χ1) is 9.85. The fourth-order valence-corrected chi connectivity index (χ4v) is 2.49. The number of sulfonamides is 1. The molecule has 0 amide bonds. The number of rotatable bonds is 7. The number of ether oxygens (including phenoxy) is 1. The van der Waals surface area contributed by atoms with Crippen LogP contribution in [0.3, 0.4) is 0 Å². The summed E-state index contributed by atoms with van der Waals surface area (Å²) in [6.07, 6.45) is -0.594. The van der Waals surface area contributed by atoms with Crippen molar-refractivity contribution in [3.05, 3.63) is 30.1 Å². The van der Waals surface area contributed by atoms with E-state index in [0.29, 0.717) is 0 Å². The number of benzene rings is 1. The molecule has 114 valence electrons. The van der Waals surface area contributed by atoms with Crippen LogP contribution < -0.4 is 4.72 Å². The van der Waals surface area contributed by atoms with Crippen molar-refractivity contribution in [2.45, 2.75) is 30.8 Å². The zero-order valence-electron chi connectivity index (χ0n) is 11.4. The number of halogens is 1. The molecule has 0 aromatic heterocycles. The summed E-state index contributed by atoms with van der Waals surface area (Å²) in [6.45, 7) is 1.48. The van der Waals surface area contributed by atoms with E-state index in [4.69, 9.17) is 10.00 Å².